The number of halogens is 1. The maximum atomic E-state index is 6.20. The third-order valence-electron chi connectivity index (χ3n) is 4.54. The smallest absolute Gasteiger partial charge is 0.143 e. The van der Waals surface area contributed by atoms with Crippen LogP contribution in [0.3, 0.4) is 0 Å². The number of benzene rings is 4. The van der Waals surface area contributed by atoms with E-state index in [-0.39, 0.29) is 0 Å². The third-order valence-corrected chi connectivity index (χ3v) is 5.03. The minimum Gasteiger partial charge on any atom is -0.455 e. The molecule has 0 spiro atoms. The van der Waals surface area contributed by atoms with Crippen molar-refractivity contribution in [1.82, 2.24) is 0 Å². The third kappa shape index (κ3) is 2.00. The van der Waals surface area contributed by atoms with E-state index in [0.717, 1.165) is 32.0 Å². The highest BCUT2D eigenvalue weighted by Gasteiger charge is 2.13. The van der Waals surface area contributed by atoms with Crippen molar-refractivity contribution in [3.8, 4) is 11.1 Å². The van der Waals surface area contributed by atoms with Gasteiger partial charge in [0.1, 0.15) is 11.2 Å². The van der Waals surface area contributed by atoms with Crippen molar-refractivity contribution in [3.05, 3.63) is 83.3 Å². The number of hydrogen-bond donors (Lipinski definition) is 0. The van der Waals surface area contributed by atoms with E-state index in [4.69, 9.17) is 4.42 Å². The first-order valence-electron chi connectivity index (χ1n) is 7.90. The maximum absolute atomic E-state index is 6.20. The highest BCUT2D eigenvalue weighted by Crippen LogP contribution is 2.38. The second-order valence-electron chi connectivity index (χ2n) is 5.95. The van der Waals surface area contributed by atoms with E-state index in [1.54, 1.807) is 0 Å². The van der Waals surface area contributed by atoms with Gasteiger partial charge in [-0.3, -0.25) is 0 Å². The summed E-state index contributed by atoms with van der Waals surface area (Å²) in [5.74, 6) is 0. The van der Waals surface area contributed by atoms with Gasteiger partial charge < -0.3 is 4.42 Å². The Kier molecular flexibility index (Phi) is 3.00. The fourth-order valence-electron chi connectivity index (χ4n) is 3.45. The van der Waals surface area contributed by atoms with E-state index < -0.39 is 0 Å². The van der Waals surface area contributed by atoms with Crippen LogP contribution < -0.4 is 0 Å². The van der Waals surface area contributed by atoms with Crippen LogP contribution in [0.5, 0.6) is 0 Å². The zero-order valence-electron chi connectivity index (χ0n) is 12.8. The van der Waals surface area contributed by atoms with Gasteiger partial charge in [0.05, 0.1) is 0 Å². The molecular formula is C22H13BrO. The first-order valence-corrected chi connectivity index (χ1v) is 8.69. The molecule has 0 radical (unpaired) electrons. The van der Waals surface area contributed by atoms with Gasteiger partial charge in [-0.25, -0.2) is 0 Å². The van der Waals surface area contributed by atoms with Crippen molar-refractivity contribution in [1.29, 1.82) is 0 Å². The number of hydrogen-bond acceptors (Lipinski definition) is 1. The van der Waals surface area contributed by atoms with Crippen molar-refractivity contribution < 1.29 is 4.42 Å². The van der Waals surface area contributed by atoms with Gasteiger partial charge in [-0.1, -0.05) is 76.6 Å². The lowest BCUT2D eigenvalue weighted by Gasteiger charge is -2.08. The van der Waals surface area contributed by atoms with E-state index in [0.29, 0.717) is 0 Å². The van der Waals surface area contributed by atoms with E-state index in [1.807, 2.05) is 12.1 Å². The Morgan fingerprint density at radius 1 is 0.625 bits per heavy atom. The molecule has 0 aliphatic carbocycles. The Labute approximate surface area is 147 Å². The Hall–Kier alpha value is -2.58. The average Bonchev–Trinajstić information content (AvgIpc) is 3.00. The summed E-state index contributed by atoms with van der Waals surface area (Å²) < 4.78 is 7.29. The minimum absolute atomic E-state index is 0.933. The highest BCUT2D eigenvalue weighted by molar-refractivity contribution is 9.10. The summed E-state index contributed by atoms with van der Waals surface area (Å²) in [7, 11) is 0. The summed E-state index contributed by atoms with van der Waals surface area (Å²) in [4.78, 5) is 0. The van der Waals surface area contributed by atoms with Gasteiger partial charge in [0.2, 0.25) is 0 Å². The lowest BCUT2D eigenvalue weighted by Crippen LogP contribution is -1.82. The van der Waals surface area contributed by atoms with Crippen LogP contribution in [0.25, 0.3) is 43.8 Å². The predicted octanol–water partition coefficient (Wildman–Crippen LogP) is 7.17. The van der Waals surface area contributed by atoms with Crippen molar-refractivity contribution in [2.75, 3.05) is 0 Å². The van der Waals surface area contributed by atoms with Crippen LogP contribution >= 0.6 is 15.9 Å². The van der Waals surface area contributed by atoms with Crippen molar-refractivity contribution in [3.63, 3.8) is 0 Å². The Bertz CT molecular complexity index is 1220. The van der Waals surface area contributed by atoms with E-state index in [9.17, 15) is 0 Å². The fourth-order valence-corrected chi connectivity index (χ4v) is 3.83. The van der Waals surface area contributed by atoms with Crippen LogP contribution in [0, 0.1) is 0 Å². The first-order chi connectivity index (χ1) is 11.8. The van der Waals surface area contributed by atoms with Crippen molar-refractivity contribution in [2.45, 2.75) is 0 Å². The molecule has 0 atom stereocenters. The maximum Gasteiger partial charge on any atom is 0.143 e. The molecule has 2 heteroatoms. The molecule has 0 aliphatic rings. The molecule has 5 aromatic rings. The van der Waals surface area contributed by atoms with Crippen molar-refractivity contribution >= 4 is 48.6 Å². The fraction of sp³-hybridized carbons (Fsp3) is 0. The molecule has 0 fully saturated rings. The second-order valence-corrected chi connectivity index (χ2v) is 6.87. The van der Waals surface area contributed by atoms with Gasteiger partial charge in [0, 0.05) is 20.8 Å². The molecule has 0 bridgehead atoms. The number of rotatable bonds is 1. The zero-order valence-corrected chi connectivity index (χ0v) is 14.4. The van der Waals surface area contributed by atoms with E-state index in [1.165, 1.54) is 16.3 Å². The molecule has 0 N–H and O–H groups in total. The highest BCUT2D eigenvalue weighted by atomic mass is 79.9. The molecule has 1 heterocycles. The summed E-state index contributed by atoms with van der Waals surface area (Å²) in [6.45, 7) is 0. The van der Waals surface area contributed by atoms with Crippen LogP contribution in [0.2, 0.25) is 0 Å². The van der Waals surface area contributed by atoms with E-state index >= 15 is 0 Å². The van der Waals surface area contributed by atoms with Gasteiger partial charge in [-0.15, -0.1) is 0 Å². The summed E-state index contributed by atoms with van der Waals surface area (Å²) in [6, 6.07) is 27.4. The molecule has 4 aromatic carbocycles. The lowest BCUT2D eigenvalue weighted by molar-refractivity contribution is 0.670. The Balaban J connectivity index is 1.90. The first kappa shape index (κ1) is 13.8. The van der Waals surface area contributed by atoms with Gasteiger partial charge in [0.15, 0.2) is 0 Å². The SMILES string of the molecule is Brc1ccc2c(-c3cccc4c3oc3ccccc34)cccc2c1. The second kappa shape index (κ2) is 5.22. The van der Waals surface area contributed by atoms with Crippen molar-refractivity contribution in [2.24, 2.45) is 0 Å². The largest absolute Gasteiger partial charge is 0.455 e. The molecule has 1 nitrogen and oxygen atoms in total. The molecule has 1 aromatic heterocycles. The van der Waals surface area contributed by atoms with Gasteiger partial charge in [-0.2, -0.15) is 0 Å². The van der Waals surface area contributed by atoms with Crippen LogP contribution in [0.1, 0.15) is 0 Å². The van der Waals surface area contributed by atoms with E-state index in [2.05, 4.69) is 82.7 Å². The molecule has 114 valence electrons. The topological polar surface area (TPSA) is 13.1 Å². The standard InChI is InChI=1S/C22H13BrO/c23-15-11-12-16-14(13-15)5-3-7-17(16)19-8-4-9-20-18-6-1-2-10-21(18)24-22(19)20/h1-13H. The minimum atomic E-state index is 0.933. The lowest BCUT2D eigenvalue weighted by atomic mass is 9.97. The molecule has 5 rings (SSSR count). The average molecular weight is 373 g/mol. The normalized spacial score (nSPS) is 11.5. The number of furan rings is 1. The van der Waals surface area contributed by atoms with Crippen LogP contribution in [-0.4, -0.2) is 0 Å². The molecular weight excluding hydrogens is 360 g/mol. The molecule has 0 amide bonds. The van der Waals surface area contributed by atoms with Gasteiger partial charge in [0.25, 0.3) is 0 Å². The summed E-state index contributed by atoms with van der Waals surface area (Å²) in [5.41, 5.74) is 4.22. The molecule has 0 unspecified atom stereocenters. The molecule has 24 heavy (non-hydrogen) atoms. The number of para-hydroxylation sites is 2. The zero-order chi connectivity index (χ0) is 16.1. The van der Waals surface area contributed by atoms with Crippen LogP contribution in [-0.2, 0) is 0 Å². The van der Waals surface area contributed by atoms with Crippen LogP contribution in [0.4, 0.5) is 0 Å². The summed E-state index contributed by atoms with van der Waals surface area (Å²) in [5, 5.41) is 4.78. The molecule has 0 aliphatic heterocycles. The Morgan fingerprint density at radius 2 is 1.42 bits per heavy atom. The van der Waals surface area contributed by atoms with Crippen LogP contribution in [0.15, 0.2) is 87.8 Å². The summed E-state index contributed by atoms with van der Waals surface area (Å²) >= 11 is 3.56. The quantitative estimate of drug-likeness (QED) is 0.304. The number of fused-ring (bicyclic) bond motifs is 4. The molecule has 0 saturated carbocycles. The Morgan fingerprint density at radius 3 is 2.38 bits per heavy atom. The monoisotopic (exact) mass is 372 g/mol. The summed E-state index contributed by atoms with van der Waals surface area (Å²) in [6.07, 6.45) is 0. The van der Waals surface area contributed by atoms with Gasteiger partial charge in [-0.05, 0) is 34.5 Å². The van der Waals surface area contributed by atoms with Gasteiger partial charge >= 0.3 is 0 Å². The predicted molar refractivity (Wildman–Crippen MR) is 104 cm³/mol. The molecule has 0 saturated heterocycles.